The Hall–Kier alpha value is -1.49. The monoisotopic (exact) mass is 400 g/mol. The number of likely N-dealkylation sites (tertiary alicyclic amines) is 1. The van der Waals surface area contributed by atoms with Crippen molar-refractivity contribution in [3.8, 4) is 0 Å². The van der Waals surface area contributed by atoms with Crippen molar-refractivity contribution in [1.29, 1.82) is 0 Å². The van der Waals surface area contributed by atoms with E-state index in [1.54, 1.807) is 11.8 Å². The maximum atomic E-state index is 12.7. The molecule has 152 valence electrons. The second-order valence-electron chi connectivity index (χ2n) is 8.93. The fourth-order valence-electron chi connectivity index (χ4n) is 5.14. The Bertz CT molecular complexity index is 704. The zero-order chi connectivity index (χ0) is 19.6. The highest BCUT2D eigenvalue weighted by Gasteiger charge is 2.58. The summed E-state index contributed by atoms with van der Waals surface area (Å²) in [5, 5.41) is 3.09. The standard InChI is InChI=1S/C23H32N2O2S/c1-28-19-9-7-18(8-10-19)24-22(27)20-16-23(20)11-13-25(14-12-23)21(26)15-17-5-3-2-4-6-17/h7-10,17,20H,2-6,11-16H2,1H3,(H,24,27)/t20-/m1/s1. The van der Waals surface area contributed by atoms with Gasteiger partial charge in [-0.05, 0) is 74.0 Å². The first kappa shape index (κ1) is 19.8. The summed E-state index contributed by atoms with van der Waals surface area (Å²) in [7, 11) is 0. The Morgan fingerprint density at radius 2 is 1.79 bits per heavy atom. The van der Waals surface area contributed by atoms with Crippen LogP contribution in [0.3, 0.4) is 0 Å². The Morgan fingerprint density at radius 1 is 1.11 bits per heavy atom. The average Bonchev–Trinajstić information content (AvgIpc) is 3.43. The van der Waals surface area contributed by atoms with E-state index in [2.05, 4.69) is 10.2 Å². The minimum atomic E-state index is 0.114. The molecule has 2 saturated carbocycles. The van der Waals surface area contributed by atoms with Gasteiger partial charge in [0.05, 0.1) is 0 Å². The van der Waals surface area contributed by atoms with Gasteiger partial charge in [-0.1, -0.05) is 19.3 Å². The fraction of sp³-hybridized carbons (Fsp3) is 0.652. The van der Waals surface area contributed by atoms with Crippen molar-refractivity contribution in [2.24, 2.45) is 17.3 Å². The van der Waals surface area contributed by atoms with Crippen LogP contribution in [0.15, 0.2) is 29.2 Å². The lowest BCUT2D eigenvalue weighted by Gasteiger charge is -2.34. The number of hydrogen-bond acceptors (Lipinski definition) is 3. The minimum Gasteiger partial charge on any atom is -0.343 e. The molecule has 5 heteroatoms. The molecule has 1 saturated heterocycles. The highest BCUT2D eigenvalue weighted by molar-refractivity contribution is 7.98. The van der Waals surface area contributed by atoms with Gasteiger partial charge in [-0.15, -0.1) is 11.8 Å². The van der Waals surface area contributed by atoms with Gasteiger partial charge in [0, 0.05) is 36.0 Å². The van der Waals surface area contributed by atoms with Crippen LogP contribution in [0.5, 0.6) is 0 Å². The van der Waals surface area contributed by atoms with Gasteiger partial charge >= 0.3 is 0 Å². The van der Waals surface area contributed by atoms with Crippen molar-refractivity contribution < 1.29 is 9.59 Å². The molecule has 0 unspecified atom stereocenters. The molecular weight excluding hydrogens is 368 g/mol. The highest BCUT2D eigenvalue weighted by Crippen LogP contribution is 2.59. The molecule has 0 radical (unpaired) electrons. The van der Waals surface area contributed by atoms with Crippen molar-refractivity contribution in [2.75, 3.05) is 24.7 Å². The largest absolute Gasteiger partial charge is 0.343 e. The quantitative estimate of drug-likeness (QED) is 0.712. The molecule has 1 aromatic carbocycles. The molecule has 1 aliphatic heterocycles. The minimum absolute atomic E-state index is 0.114. The number of thioether (sulfide) groups is 1. The van der Waals surface area contributed by atoms with Gasteiger partial charge in [-0.3, -0.25) is 9.59 Å². The van der Waals surface area contributed by atoms with Crippen LogP contribution in [0.1, 0.15) is 57.8 Å². The zero-order valence-electron chi connectivity index (χ0n) is 16.9. The molecule has 0 bridgehead atoms. The maximum Gasteiger partial charge on any atom is 0.228 e. The van der Waals surface area contributed by atoms with E-state index in [1.807, 2.05) is 30.5 Å². The molecule has 1 aromatic rings. The number of anilines is 1. The molecule has 3 aliphatic rings. The third-order valence-electron chi connectivity index (χ3n) is 7.16. The SMILES string of the molecule is CSc1ccc(NC(=O)[C@H]2CC23CCN(C(=O)CC2CCCCC2)CC3)cc1. The van der Waals surface area contributed by atoms with Crippen LogP contribution in [0.2, 0.25) is 0 Å². The average molecular weight is 401 g/mol. The van der Waals surface area contributed by atoms with Crippen molar-refractivity contribution in [2.45, 2.75) is 62.7 Å². The third-order valence-corrected chi connectivity index (χ3v) is 7.91. The van der Waals surface area contributed by atoms with Crippen LogP contribution < -0.4 is 5.32 Å². The fourth-order valence-corrected chi connectivity index (χ4v) is 5.55. The van der Waals surface area contributed by atoms with Gasteiger partial charge in [0.2, 0.25) is 11.8 Å². The van der Waals surface area contributed by atoms with E-state index in [0.29, 0.717) is 11.8 Å². The number of benzene rings is 1. The van der Waals surface area contributed by atoms with Crippen molar-refractivity contribution >= 4 is 29.3 Å². The van der Waals surface area contributed by atoms with Crippen LogP contribution in [0.4, 0.5) is 5.69 Å². The van der Waals surface area contributed by atoms with Gasteiger partial charge in [0.1, 0.15) is 0 Å². The van der Waals surface area contributed by atoms with E-state index >= 15 is 0 Å². The number of hydrogen-bond donors (Lipinski definition) is 1. The van der Waals surface area contributed by atoms with E-state index in [0.717, 1.165) is 44.5 Å². The third kappa shape index (κ3) is 4.40. The van der Waals surface area contributed by atoms with Crippen LogP contribution in [0, 0.1) is 17.3 Å². The molecule has 2 aliphatic carbocycles. The van der Waals surface area contributed by atoms with Gasteiger partial charge < -0.3 is 10.2 Å². The second-order valence-corrected chi connectivity index (χ2v) is 9.81. The zero-order valence-corrected chi connectivity index (χ0v) is 17.7. The van der Waals surface area contributed by atoms with E-state index < -0.39 is 0 Å². The van der Waals surface area contributed by atoms with Crippen molar-refractivity contribution in [1.82, 2.24) is 4.90 Å². The Morgan fingerprint density at radius 3 is 2.43 bits per heavy atom. The number of piperidine rings is 1. The van der Waals surface area contributed by atoms with Crippen molar-refractivity contribution in [3.63, 3.8) is 0 Å². The smallest absolute Gasteiger partial charge is 0.228 e. The lowest BCUT2D eigenvalue weighted by atomic mass is 9.86. The molecule has 28 heavy (non-hydrogen) atoms. The number of rotatable bonds is 5. The van der Waals surface area contributed by atoms with Gasteiger partial charge in [-0.25, -0.2) is 0 Å². The van der Waals surface area contributed by atoms with E-state index in [9.17, 15) is 9.59 Å². The highest BCUT2D eigenvalue weighted by atomic mass is 32.2. The lowest BCUT2D eigenvalue weighted by Crippen LogP contribution is -2.41. The molecule has 3 fully saturated rings. The lowest BCUT2D eigenvalue weighted by molar-refractivity contribution is -0.134. The van der Waals surface area contributed by atoms with Crippen LogP contribution in [0.25, 0.3) is 0 Å². The Balaban J connectivity index is 1.24. The molecular formula is C23H32N2O2S. The maximum absolute atomic E-state index is 12.7. The number of carbonyl (C=O) groups is 2. The van der Waals surface area contributed by atoms with E-state index in [4.69, 9.17) is 0 Å². The van der Waals surface area contributed by atoms with Gasteiger partial charge in [0.25, 0.3) is 0 Å². The molecule has 2 amide bonds. The van der Waals surface area contributed by atoms with Crippen LogP contribution in [-0.4, -0.2) is 36.1 Å². The molecule has 1 heterocycles. The van der Waals surface area contributed by atoms with Crippen LogP contribution in [-0.2, 0) is 9.59 Å². The normalized spacial score (nSPS) is 24.2. The molecule has 0 aromatic heterocycles. The molecule has 1 spiro atoms. The molecule has 4 nitrogen and oxygen atoms in total. The molecule has 1 N–H and O–H groups in total. The number of amides is 2. The first-order chi connectivity index (χ1) is 13.6. The summed E-state index contributed by atoms with van der Waals surface area (Å²) >= 11 is 1.70. The van der Waals surface area contributed by atoms with E-state index in [1.165, 1.54) is 37.0 Å². The second kappa shape index (κ2) is 8.48. The summed E-state index contributed by atoms with van der Waals surface area (Å²) in [6.45, 7) is 1.66. The van der Waals surface area contributed by atoms with E-state index in [-0.39, 0.29) is 17.2 Å². The summed E-state index contributed by atoms with van der Waals surface area (Å²) < 4.78 is 0. The summed E-state index contributed by atoms with van der Waals surface area (Å²) in [5.74, 6) is 1.22. The van der Waals surface area contributed by atoms with Gasteiger partial charge in [0.15, 0.2) is 0 Å². The van der Waals surface area contributed by atoms with Crippen molar-refractivity contribution in [3.05, 3.63) is 24.3 Å². The molecule has 1 atom stereocenters. The first-order valence-electron chi connectivity index (χ1n) is 10.8. The Kier molecular flexibility index (Phi) is 6.00. The topological polar surface area (TPSA) is 49.4 Å². The number of nitrogens with zero attached hydrogens (tertiary/aromatic N) is 1. The summed E-state index contributed by atoms with van der Waals surface area (Å²) in [6, 6.07) is 8.04. The predicted octanol–water partition coefficient (Wildman–Crippen LogP) is 4.95. The molecule has 4 rings (SSSR count). The predicted molar refractivity (Wildman–Crippen MR) is 114 cm³/mol. The first-order valence-corrected chi connectivity index (χ1v) is 12.0. The number of nitrogens with one attached hydrogen (secondary N) is 1. The van der Waals surface area contributed by atoms with Gasteiger partial charge in [-0.2, -0.15) is 0 Å². The van der Waals surface area contributed by atoms with Crippen LogP contribution >= 0.6 is 11.8 Å². The Labute approximate surface area is 172 Å². The number of carbonyl (C=O) groups excluding carboxylic acids is 2. The summed E-state index contributed by atoms with van der Waals surface area (Å²) in [4.78, 5) is 28.6. The summed E-state index contributed by atoms with van der Waals surface area (Å²) in [6.07, 6.45) is 12.1. The summed E-state index contributed by atoms with van der Waals surface area (Å²) in [5.41, 5.74) is 1.02.